The number of carbonyl (C=O) groups is 1. The first-order chi connectivity index (χ1) is 6.18. The molecule has 0 aliphatic carbocycles. The van der Waals surface area contributed by atoms with Crippen LogP contribution in [0.5, 0.6) is 0 Å². The van der Waals surface area contributed by atoms with Crippen molar-refractivity contribution in [3.05, 3.63) is 0 Å². The summed E-state index contributed by atoms with van der Waals surface area (Å²) in [6.45, 7) is 2.52. The summed E-state index contributed by atoms with van der Waals surface area (Å²) in [7, 11) is 0. The molecule has 1 rings (SSSR count). The van der Waals surface area contributed by atoms with Crippen LogP contribution in [0.3, 0.4) is 0 Å². The second-order valence-electron chi connectivity index (χ2n) is 3.94. The van der Waals surface area contributed by atoms with E-state index >= 15 is 0 Å². The quantitative estimate of drug-likeness (QED) is 0.672. The zero-order chi connectivity index (χ0) is 11.1. The highest BCUT2D eigenvalue weighted by Gasteiger charge is 2.59. The van der Waals surface area contributed by atoms with Gasteiger partial charge in [-0.05, 0) is 19.3 Å². The van der Waals surface area contributed by atoms with Crippen LogP contribution in [0.4, 0.5) is 13.2 Å². The van der Waals surface area contributed by atoms with Crippen LogP contribution in [0.1, 0.15) is 20.3 Å². The minimum absolute atomic E-state index is 0.130. The Hall–Kier alpha value is -0.780. The third-order valence-corrected chi connectivity index (χ3v) is 2.98. The smallest absolute Gasteiger partial charge is 0.368 e. The number of amides is 1. The van der Waals surface area contributed by atoms with Crippen LogP contribution in [0.2, 0.25) is 0 Å². The zero-order valence-corrected chi connectivity index (χ0v) is 7.98. The van der Waals surface area contributed by atoms with E-state index in [1.54, 1.807) is 0 Å². The largest absolute Gasteiger partial charge is 0.406 e. The van der Waals surface area contributed by atoms with Crippen molar-refractivity contribution < 1.29 is 18.0 Å². The van der Waals surface area contributed by atoms with E-state index < -0.39 is 29.6 Å². The van der Waals surface area contributed by atoms with Gasteiger partial charge in [-0.25, -0.2) is 0 Å². The number of carbonyl (C=O) groups excluding carboxylic acids is 1. The van der Waals surface area contributed by atoms with Gasteiger partial charge in [-0.3, -0.25) is 10.1 Å². The van der Waals surface area contributed by atoms with Crippen LogP contribution in [0.25, 0.3) is 0 Å². The highest BCUT2D eigenvalue weighted by Crippen LogP contribution is 2.42. The van der Waals surface area contributed by atoms with Crippen molar-refractivity contribution in [3.8, 4) is 0 Å². The van der Waals surface area contributed by atoms with Crippen molar-refractivity contribution in [2.75, 3.05) is 0 Å². The first-order valence-electron chi connectivity index (χ1n) is 4.32. The third-order valence-electron chi connectivity index (χ3n) is 2.98. The Balaban J connectivity index is 2.88. The van der Waals surface area contributed by atoms with Gasteiger partial charge in [0.2, 0.25) is 5.91 Å². The summed E-state index contributed by atoms with van der Waals surface area (Å²) in [5, 5.41) is 2.26. The zero-order valence-electron chi connectivity index (χ0n) is 7.98. The van der Waals surface area contributed by atoms with Gasteiger partial charge in [0.1, 0.15) is 5.54 Å². The van der Waals surface area contributed by atoms with Crippen molar-refractivity contribution >= 4 is 5.91 Å². The SMILES string of the molecule is CC1CC(C(N)=O)NC1(C)C(F)(F)F. The Morgan fingerprint density at radius 1 is 1.57 bits per heavy atom. The summed E-state index contributed by atoms with van der Waals surface area (Å²) < 4.78 is 37.9. The number of hydrogen-bond donors (Lipinski definition) is 2. The average molecular weight is 210 g/mol. The number of halogens is 3. The van der Waals surface area contributed by atoms with Crippen LogP contribution >= 0.6 is 0 Å². The van der Waals surface area contributed by atoms with E-state index in [1.165, 1.54) is 6.92 Å². The van der Waals surface area contributed by atoms with Gasteiger partial charge < -0.3 is 5.73 Å². The lowest BCUT2D eigenvalue weighted by atomic mass is 9.88. The number of primary amides is 1. The molecule has 0 spiro atoms. The van der Waals surface area contributed by atoms with E-state index in [-0.39, 0.29) is 6.42 Å². The molecule has 3 atom stereocenters. The van der Waals surface area contributed by atoms with Crippen LogP contribution in [0, 0.1) is 5.92 Å². The summed E-state index contributed by atoms with van der Waals surface area (Å²) in [5.41, 5.74) is 2.95. The van der Waals surface area contributed by atoms with Gasteiger partial charge in [-0.15, -0.1) is 0 Å². The molecule has 0 saturated carbocycles. The summed E-state index contributed by atoms with van der Waals surface area (Å²) >= 11 is 0. The average Bonchev–Trinajstić information content (AvgIpc) is 2.28. The second-order valence-corrected chi connectivity index (χ2v) is 3.94. The molecular weight excluding hydrogens is 197 g/mol. The van der Waals surface area contributed by atoms with E-state index in [4.69, 9.17) is 5.73 Å². The molecule has 0 bridgehead atoms. The standard InChI is InChI=1S/C8H13F3N2O/c1-4-3-5(6(12)14)13-7(4,2)8(9,10)11/h4-5,13H,3H2,1-2H3,(H2,12,14). The highest BCUT2D eigenvalue weighted by molar-refractivity contribution is 5.80. The fraction of sp³-hybridized carbons (Fsp3) is 0.875. The third kappa shape index (κ3) is 1.58. The molecule has 0 radical (unpaired) electrons. The van der Waals surface area contributed by atoms with Gasteiger partial charge in [0.05, 0.1) is 6.04 Å². The molecule has 82 valence electrons. The molecule has 3 N–H and O–H groups in total. The molecule has 1 aliphatic heterocycles. The van der Waals surface area contributed by atoms with E-state index in [1.807, 2.05) is 0 Å². The minimum atomic E-state index is -4.36. The summed E-state index contributed by atoms with van der Waals surface area (Å²) in [6.07, 6.45) is -4.23. The van der Waals surface area contributed by atoms with Crippen LogP contribution in [0.15, 0.2) is 0 Å². The van der Waals surface area contributed by atoms with E-state index in [2.05, 4.69) is 5.32 Å². The number of rotatable bonds is 1. The summed E-state index contributed by atoms with van der Waals surface area (Å²) in [4.78, 5) is 10.8. The second kappa shape index (κ2) is 3.12. The molecule has 1 fully saturated rings. The van der Waals surface area contributed by atoms with Gasteiger partial charge in [-0.1, -0.05) is 6.92 Å². The van der Waals surface area contributed by atoms with Crippen molar-refractivity contribution in [2.24, 2.45) is 11.7 Å². The number of nitrogens with two attached hydrogens (primary N) is 1. The van der Waals surface area contributed by atoms with Gasteiger partial charge in [0.15, 0.2) is 0 Å². The van der Waals surface area contributed by atoms with Gasteiger partial charge in [-0.2, -0.15) is 13.2 Å². The monoisotopic (exact) mass is 210 g/mol. The molecule has 6 heteroatoms. The predicted octanol–water partition coefficient (Wildman–Crippen LogP) is 0.791. The maximum Gasteiger partial charge on any atom is 0.406 e. The van der Waals surface area contributed by atoms with E-state index in [0.717, 1.165) is 6.92 Å². The predicted molar refractivity (Wildman–Crippen MR) is 44.4 cm³/mol. The molecule has 0 aromatic heterocycles. The molecule has 1 amide bonds. The first kappa shape index (κ1) is 11.3. The molecular formula is C8H13F3N2O. The molecule has 14 heavy (non-hydrogen) atoms. The van der Waals surface area contributed by atoms with Crippen LogP contribution < -0.4 is 11.1 Å². The van der Waals surface area contributed by atoms with Crippen molar-refractivity contribution in [1.29, 1.82) is 0 Å². The fourth-order valence-electron chi connectivity index (χ4n) is 1.70. The lowest BCUT2D eigenvalue weighted by molar-refractivity contribution is -0.197. The van der Waals surface area contributed by atoms with Crippen molar-refractivity contribution in [3.63, 3.8) is 0 Å². The highest BCUT2D eigenvalue weighted by atomic mass is 19.4. The molecule has 0 aromatic carbocycles. The van der Waals surface area contributed by atoms with Crippen molar-refractivity contribution in [1.82, 2.24) is 5.32 Å². The van der Waals surface area contributed by atoms with Gasteiger partial charge in [0, 0.05) is 0 Å². The summed E-state index contributed by atoms with van der Waals surface area (Å²) in [5.74, 6) is -1.38. The van der Waals surface area contributed by atoms with Gasteiger partial charge >= 0.3 is 6.18 Å². The number of alkyl halides is 3. The molecule has 1 aliphatic rings. The Morgan fingerprint density at radius 3 is 2.29 bits per heavy atom. The lowest BCUT2D eigenvalue weighted by Gasteiger charge is -2.32. The first-order valence-corrected chi connectivity index (χ1v) is 4.32. The maximum absolute atomic E-state index is 12.6. The summed E-state index contributed by atoms with van der Waals surface area (Å²) in [6, 6.07) is -0.878. The molecule has 3 unspecified atom stereocenters. The van der Waals surface area contributed by atoms with Crippen LogP contribution in [-0.2, 0) is 4.79 Å². The Labute approximate surface area is 79.8 Å². The number of nitrogens with one attached hydrogen (secondary N) is 1. The van der Waals surface area contributed by atoms with E-state index in [9.17, 15) is 18.0 Å². The Morgan fingerprint density at radius 2 is 2.07 bits per heavy atom. The fourth-order valence-corrected chi connectivity index (χ4v) is 1.70. The molecule has 3 nitrogen and oxygen atoms in total. The molecule has 1 heterocycles. The molecule has 1 saturated heterocycles. The number of hydrogen-bond acceptors (Lipinski definition) is 2. The maximum atomic E-state index is 12.6. The van der Waals surface area contributed by atoms with Crippen LogP contribution in [-0.4, -0.2) is 23.7 Å². The lowest BCUT2D eigenvalue weighted by Crippen LogP contribution is -2.56. The Kier molecular flexibility index (Phi) is 2.51. The normalized spacial score (nSPS) is 38.6. The Bertz CT molecular complexity index is 253. The van der Waals surface area contributed by atoms with Gasteiger partial charge in [0.25, 0.3) is 0 Å². The minimum Gasteiger partial charge on any atom is -0.368 e. The molecule has 0 aromatic rings. The topological polar surface area (TPSA) is 55.1 Å². The van der Waals surface area contributed by atoms with Crippen molar-refractivity contribution in [2.45, 2.75) is 38.0 Å². The van der Waals surface area contributed by atoms with E-state index in [0.29, 0.717) is 0 Å².